The molecule has 1 aliphatic rings. The molecule has 1 saturated carbocycles. The molecule has 1 unspecified atom stereocenters. The fraction of sp³-hybridized carbons (Fsp3) is 0.571. The van der Waals surface area contributed by atoms with Gasteiger partial charge in [0.2, 0.25) is 5.91 Å². The third-order valence-electron chi connectivity index (χ3n) is 3.43. The first-order valence-electron chi connectivity index (χ1n) is 6.68. The Labute approximate surface area is 108 Å². The summed E-state index contributed by atoms with van der Waals surface area (Å²) in [7, 11) is 0. The first-order chi connectivity index (χ1) is 8.75. The predicted molar refractivity (Wildman–Crippen MR) is 70.9 cm³/mol. The minimum absolute atomic E-state index is 0.103. The Kier molecular flexibility index (Phi) is 4.70. The summed E-state index contributed by atoms with van der Waals surface area (Å²) in [5, 5.41) is 6.32. The minimum atomic E-state index is -0.161. The summed E-state index contributed by atoms with van der Waals surface area (Å²) in [6.45, 7) is 2.58. The monoisotopic (exact) mass is 247 g/mol. The number of carbonyl (C=O) groups excluding carboxylic acids is 1. The van der Waals surface area contributed by atoms with Crippen molar-refractivity contribution in [1.29, 1.82) is 0 Å². The first kappa shape index (κ1) is 13.0. The molecule has 2 rings (SSSR count). The molecule has 18 heavy (non-hydrogen) atoms. The van der Waals surface area contributed by atoms with E-state index in [0.717, 1.165) is 18.4 Å². The fourth-order valence-electron chi connectivity index (χ4n) is 2.26. The van der Waals surface area contributed by atoms with Gasteiger partial charge < -0.3 is 10.6 Å². The van der Waals surface area contributed by atoms with E-state index in [-0.39, 0.29) is 11.9 Å². The Morgan fingerprint density at radius 3 is 2.94 bits per heavy atom. The van der Waals surface area contributed by atoms with Crippen LogP contribution in [-0.2, 0) is 11.3 Å². The molecule has 0 radical (unpaired) electrons. The van der Waals surface area contributed by atoms with Crippen molar-refractivity contribution >= 4 is 5.91 Å². The van der Waals surface area contributed by atoms with Gasteiger partial charge in [0.05, 0.1) is 6.04 Å². The van der Waals surface area contributed by atoms with Crippen molar-refractivity contribution in [3.63, 3.8) is 0 Å². The molecule has 1 aliphatic carbocycles. The lowest BCUT2D eigenvalue weighted by molar-refractivity contribution is -0.123. The summed E-state index contributed by atoms with van der Waals surface area (Å²) in [5.74, 6) is 0.103. The number of rotatable bonds is 5. The highest BCUT2D eigenvalue weighted by Crippen LogP contribution is 2.17. The van der Waals surface area contributed by atoms with E-state index in [9.17, 15) is 4.79 Å². The number of amides is 1. The molecular weight excluding hydrogens is 226 g/mol. The lowest BCUT2D eigenvalue weighted by Crippen LogP contribution is -2.45. The average Bonchev–Trinajstić information content (AvgIpc) is 2.90. The van der Waals surface area contributed by atoms with Crippen LogP contribution in [0.2, 0.25) is 0 Å². The quantitative estimate of drug-likeness (QED) is 0.831. The molecule has 1 heterocycles. The summed E-state index contributed by atoms with van der Waals surface area (Å²) in [4.78, 5) is 16.0. The predicted octanol–water partition coefficient (Wildman–Crippen LogP) is 1.62. The van der Waals surface area contributed by atoms with Gasteiger partial charge >= 0.3 is 0 Å². The van der Waals surface area contributed by atoms with Crippen LogP contribution < -0.4 is 10.6 Å². The fourth-order valence-corrected chi connectivity index (χ4v) is 2.26. The molecular formula is C14H21N3O. The van der Waals surface area contributed by atoms with E-state index < -0.39 is 0 Å². The Hall–Kier alpha value is -1.42. The highest BCUT2D eigenvalue weighted by Gasteiger charge is 2.20. The lowest BCUT2D eigenvalue weighted by atomic mass is 10.2. The summed E-state index contributed by atoms with van der Waals surface area (Å²) >= 11 is 0. The first-order valence-corrected chi connectivity index (χ1v) is 6.68. The van der Waals surface area contributed by atoms with Crippen LogP contribution in [0.4, 0.5) is 0 Å². The summed E-state index contributed by atoms with van der Waals surface area (Å²) in [6.07, 6.45) is 8.29. The molecule has 2 N–H and O–H groups in total. The van der Waals surface area contributed by atoms with Gasteiger partial charge in [-0.15, -0.1) is 0 Å². The van der Waals surface area contributed by atoms with E-state index in [1.807, 2.05) is 25.3 Å². The maximum atomic E-state index is 11.9. The number of aromatic nitrogens is 1. The molecule has 4 nitrogen and oxygen atoms in total. The van der Waals surface area contributed by atoms with Crippen LogP contribution in [0.3, 0.4) is 0 Å². The molecule has 0 bridgehead atoms. The van der Waals surface area contributed by atoms with Crippen molar-refractivity contribution in [2.24, 2.45) is 0 Å². The van der Waals surface area contributed by atoms with Gasteiger partial charge in [-0.05, 0) is 31.4 Å². The molecule has 1 atom stereocenters. The number of carbonyl (C=O) groups is 1. The van der Waals surface area contributed by atoms with Gasteiger partial charge in [0, 0.05) is 25.0 Å². The number of nitrogens with one attached hydrogen (secondary N) is 2. The van der Waals surface area contributed by atoms with Crippen molar-refractivity contribution in [2.75, 3.05) is 0 Å². The Morgan fingerprint density at radius 1 is 1.50 bits per heavy atom. The van der Waals surface area contributed by atoms with Crippen LogP contribution in [-0.4, -0.2) is 23.0 Å². The normalized spacial score (nSPS) is 17.6. The van der Waals surface area contributed by atoms with E-state index >= 15 is 0 Å². The second-order valence-corrected chi connectivity index (χ2v) is 4.95. The number of pyridine rings is 1. The zero-order chi connectivity index (χ0) is 12.8. The zero-order valence-electron chi connectivity index (χ0n) is 10.9. The minimum Gasteiger partial charge on any atom is -0.352 e. The average molecular weight is 247 g/mol. The molecule has 0 aliphatic heterocycles. The van der Waals surface area contributed by atoms with E-state index in [4.69, 9.17) is 0 Å². The molecule has 1 amide bonds. The third kappa shape index (κ3) is 3.81. The molecule has 1 fully saturated rings. The maximum Gasteiger partial charge on any atom is 0.237 e. The summed E-state index contributed by atoms with van der Waals surface area (Å²) < 4.78 is 0. The van der Waals surface area contributed by atoms with Gasteiger partial charge in [-0.3, -0.25) is 9.78 Å². The molecule has 1 aromatic heterocycles. The highest BCUT2D eigenvalue weighted by atomic mass is 16.2. The van der Waals surface area contributed by atoms with E-state index in [2.05, 4.69) is 15.6 Å². The lowest BCUT2D eigenvalue weighted by Gasteiger charge is -2.17. The largest absolute Gasteiger partial charge is 0.352 e. The molecule has 0 spiro atoms. The highest BCUT2D eigenvalue weighted by molar-refractivity contribution is 5.81. The molecule has 1 aromatic rings. The maximum absolute atomic E-state index is 11.9. The van der Waals surface area contributed by atoms with Gasteiger partial charge in [0.25, 0.3) is 0 Å². The van der Waals surface area contributed by atoms with Crippen LogP contribution in [0, 0.1) is 0 Å². The Bertz CT molecular complexity index is 374. The molecule has 4 heteroatoms. The van der Waals surface area contributed by atoms with Gasteiger partial charge in [-0.2, -0.15) is 0 Å². The van der Waals surface area contributed by atoms with Gasteiger partial charge in [0.1, 0.15) is 0 Å². The smallest absolute Gasteiger partial charge is 0.237 e. The van der Waals surface area contributed by atoms with Crippen LogP contribution in [0.15, 0.2) is 24.5 Å². The zero-order valence-corrected chi connectivity index (χ0v) is 10.9. The topological polar surface area (TPSA) is 54.0 Å². The molecule has 0 aromatic carbocycles. The van der Waals surface area contributed by atoms with E-state index in [1.54, 1.807) is 6.20 Å². The number of hydrogen-bond donors (Lipinski definition) is 2. The summed E-state index contributed by atoms with van der Waals surface area (Å²) in [5.41, 5.74) is 1.10. The van der Waals surface area contributed by atoms with Gasteiger partial charge in [0.15, 0.2) is 0 Å². The van der Waals surface area contributed by atoms with Crippen LogP contribution >= 0.6 is 0 Å². The second kappa shape index (κ2) is 6.50. The number of hydrogen-bond acceptors (Lipinski definition) is 3. The standard InChI is InChI=1S/C14H21N3O/c1-11(14(18)17-13-6-2-3-7-13)16-10-12-5-4-8-15-9-12/h4-5,8-9,11,13,16H,2-3,6-7,10H2,1H3,(H,17,18). The van der Waals surface area contributed by atoms with Crippen molar-refractivity contribution in [3.8, 4) is 0 Å². The third-order valence-corrected chi connectivity index (χ3v) is 3.43. The van der Waals surface area contributed by atoms with Gasteiger partial charge in [-0.25, -0.2) is 0 Å². The van der Waals surface area contributed by atoms with E-state index in [0.29, 0.717) is 12.6 Å². The second-order valence-electron chi connectivity index (χ2n) is 4.95. The summed E-state index contributed by atoms with van der Waals surface area (Å²) in [6, 6.07) is 4.13. The Balaban J connectivity index is 1.73. The van der Waals surface area contributed by atoms with Gasteiger partial charge in [-0.1, -0.05) is 18.9 Å². The van der Waals surface area contributed by atoms with Crippen LogP contribution in [0.1, 0.15) is 38.2 Å². The van der Waals surface area contributed by atoms with Crippen molar-refractivity contribution < 1.29 is 4.79 Å². The van der Waals surface area contributed by atoms with Crippen LogP contribution in [0.5, 0.6) is 0 Å². The molecule has 0 saturated heterocycles. The van der Waals surface area contributed by atoms with Crippen molar-refractivity contribution in [3.05, 3.63) is 30.1 Å². The Morgan fingerprint density at radius 2 is 2.28 bits per heavy atom. The van der Waals surface area contributed by atoms with Crippen LogP contribution in [0.25, 0.3) is 0 Å². The van der Waals surface area contributed by atoms with Crippen molar-refractivity contribution in [2.45, 2.75) is 51.2 Å². The van der Waals surface area contributed by atoms with Crippen molar-refractivity contribution in [1.82, 2.24) is 15.6 Å². The number of nitrogens with zero attached hydrogens (tertiary/aromatic N) is 1. The van der Waals surface area contributed by atoms with E-state index in [1.165, 1.54) is 12.8 Å². The molecule has 98 valence electrons. The SMILES string of the molecule is CC(NCc1cccnc1)C(=O)NC1CCCC1.